The normalized spacial score (nSPS) is 10.7. The molecule has 0 fully saturated rings. The Balaban J connectivity index is 1.77. The Labute approximate surface area is 117 Å². The molecule has 1 aromatic carbocycles. The molecule has 0 aliphatic carbocycles. The third-order valence-electron chi connectivity index (χ3n) is 3.15. The molecule has 0 radical (unpaired) electrons. The summed E-state index contributed by atoms with van der Waals surface area (Å²) in [6.07, 6.45) is 7.67. The first-order valence-corrected chi connectivity index (χ1v) is 6.71. The number of nitrogens with zero attached hydrogens (tertiary/aromatic N) is 4. The summed E-state index contributed by atoms with van der Waals surface area (Å²) in [4.78, 5) is 0. The number of aromatic nitrogens is 4. The lowest BCUT2D eigenvalue weighted by Gasteiger charge is -2.11. The van der Waals surface area contributed by atoms with Crippen molar-refractivity contribution in [2.75, 3.05) is 5.32 Å². The molecule has 0 saturated carbocycles. The monoisotopic (exact) mass is 267 g/mol. The van der Waals surface area contributed by atoms with Crippen molar-refractivity contribution >= 4 is 5.69 Å². The van der Waals surface area contributed by atoms with Crippen molar-refractivity contribution in [3.8, 4) is 5.69 Å². The van der Waals surface area contributed by atoms with Crippen LogP contribution < -0.4 is 5.32 Å². The average Bonchev–Trinajstić information content (AvgIpc) is 3.17. The van der Waals surface area contributed by atoms with E-state index in [-0.39, 0.29) is 0 Å². The zero-order valence-corrected chi connectivity index (χ0v) is 11.4. The van der Waals surface area contributed by atoms with Crippen molar-refractivity contribution in [1.29, 1.82) is 0 Å². The number of benzene rings is 1. The number of hydrogen-bond donors (Lipinski definition) is 1. The summed E-state index contributed by atoms with van der Waals surface area (Å²) >= 11 is 0. The van der Waals surface area contributed by atoms with E-state index in [0.29, 0.717) is 0 Å². The van der Waals surface area contributed by atoms with Crippen molar-refractivity contribution < 1.29 is 0 Å². The maximum absolute atomic E-state index is 4.28. The van der Waals surface area contributed by atoms with Crippen LogP contribution in [0.25, 0.3) is 5.69 Å². The molecular weight excluding hydrogens is 250 g/mol. The highest BCUT2D eigenvalue weighted by Crippen LogP contribution is 2.19. The molecule has 5 nitrogen and oxygen atoms in total. The van der Waals surface area contributed by atoms with E-state index in [1.165, 1.54) is 5.56 Å². The molecular formula is C15H17N5. The molecule has 2 heterocycles. The van der Waals surface area contributed by atoms with Gasteiger partial charge in [0.2, 0.25) is 0 Å². The van der Waals surface area contributed by atoms with Gasteiger partial charge in [-0.2, -0.15) is 10.2 Å². The first-order chi connectivity index (χ1) is 9.86. The van der Waals surface area contributed by atoms with Crippen molar-refractivity contribution in [3.63, 3.8) is 0 Å². The molecule has 3 aromatic rings. The van der Waals surface area contributed by atoms with E-state index < -0.39 is 0 Å². The summed E-state index contributed by atoms with van der Waals surface area (Å²) in [6, 6.07) is 10.1. The first-order valence-electron chi connectivity index (χ1n) is 6.71. The number of aryl methyl sites for hydroxylation is 1. The van der Waals surface area contributed by atoms with Crippen LogP contribution in [0.4, 0.5) is 5.69 Å². The Morgan fingerprint density at radius 3 is 2.80 bits per heavy atom. The quantitative estimate of drug-likeness (QED) is 0.773. The Kier molecular flexibility index (Phi) is 3.50. The van der Waals surface area contributed by atoms with E-state index in [4.69, 9.17) is 0 Å². The van der Waals surface area contributed by atoms with Gasteiger partial charge in [-0.25, -0.2) is 4.68 Å². The topological polar surface area (TPSA) is 47.7 Å². The van der Waals surface area contributed by atoms with E-state index in [0.717, 1.165) is 24.5 Å². The molecule has 0 saturated heterocycles. The van der Waals surface area contributed by atoms with E-state index in [1.807, 2.05) is 46.0 Å². The Bertz CT molecular complexity index is 669. The molecule has 0 unspecified atom stereocenters. The van der Waals surface area contributed by atoms with Crippen LogP contribution >= 0.6 is 0 Å². The minimum absolute atomic E-state index is 0.748. The van der Waals surface area contributed by atoms with Crippen LogP contribution in [-0.4, -0.2) is 19.6 Å². The molecule has 102 valence electrons. The summed E-state index contributed by atoms with van der Waals surface area (Å²) in [7, 11) is 0. The van der Waals surface area contributed by atoms with E-state index in [9.17, 15) is 0 Å². The predicted octanol–water partition coefficient (Wildman–Crippen LogP) is 2.70. The highest BCUT2D eigenvalue weighted by Gasteiger charge is 2.04. The van der Waals surface area contributed by atoms with Gasteiger partial charge in [-0.3, -0.25) is 4.68 Å². The summed E-state index contributed by atoms with van der Waals surface area (Å²) in [5.74, 6) is 0. The van der Waals surface area contributed by atoms with Crippen LogP contribution in [0.1, 0.15) is 12.5 Å². The first kappa shape index (κ1) is 12.5. The van der Waals surface area contributed by atoms with Gasteiger partial charge in [-0.1, -0.05) is 12.1 Å². The summed E-state index contributed by atoms with van der Waals surface area (Å²) in [5, 5.41) is 12.0. The lowest BCUT2D eigenvalue weighted by Crippen LogP contribution is -2.04. The molecule has 3 rings (SSSR count). The molecule has 0 aliphatic heterocycles. The van der Waals surface area contributed by atoms with Gasteiger partial charge < -0.3 is 5.32 Å². The molecule has 0 aliphatic rings. The number of para-hydroxylation sites is 2. The zero-order valence-electron chi connectivity index (χ0n) is 11.4. The van der Waals surface area contributed by atoms with Gasteiger partial charge in [0.15, 0.2) is 0 Å². The number of hydrogen-bond acceptors (Lipinski definition) is 3. The summed E-state index contributed by atoms with van der Waals surface area (Å²) < 4.78 is 3.79. The van der Waals surface area contributed by atoms with Gasteiger partial charge in [0.05, 0.1) is 17.6 Å². The lowest BCUT2D eigenvalue weighted by molar-refractivity contribution is 0.659. The molecule has 2 aromatic heterocycles. The van der Waals surface area contributed by atoms with Crippen molar-refractivity contribution in [2.24, 2.45) is 0 Å². The highest BCUT2D eigenvalue weighted by molar-refractivity contribution is 5.60. The second kappa shape index (κ2) is 5.61. The zero-order chi connectivity index (χ0) is 13.8. The largest absolute Gasteiger partial charge is 0.379 e. The van der Waals surface area contributed by atoms with Crippen LogP contribution in [0.15, 0.2) is 55.1 Å². The molecule has 0 spiro atoms. The second-order valence-corrected chi connectivity index (χ2v) is 4.53. The predicted molar refractivity (Wildman–Crippen MR) is 78.8 cm³/mol. The molecule has 0 atom stereocenters. The fraction of sp³-hybridized carbons (Fsp3) is 0.200. The maximum Gasteiger partial charge on any atom is 0.0876 e. The van der Waals surface area contributed by atoms with Gasteiger partial charge in [-0.15, -0.1) is 0 Å². The molecule has 0 bridgehead atoms. The fourth-order valence-corrected chi connectivity index (χ4v) is 2.10. The number of anilines is 1. The third kappa shape index (κ3) is 2.56. The lowest BCUT2D eigenvalue weighted by atomic mass is 10.2. The molecule has 1 N–H and O–H groups in total. The Hall–Kier alpha value is -2.56. The van der Waals surface area contributed by atoms with Crippen molar-refractivity contribution in [3.05, 3.63) is 60.7 Å². The second-order valence-electron chi connectivity index (χ2n) is 4.53. The van der Waals surface area contributed by atoms with Crippen LogP contribution in [0.5, 0.6) is 0 Å². The summed E-state index contributed by atoms with van der Waals surface area (Å²) in [6.45, 7) is 3.72. The van der Waals surface area contributed by atoms with Gasteiger partial charge >= 0.3 is 0 Å². The van der Waals surface area contributed by atoms with Gasteiger partial charge in [-0.05, 0) is 25.1 Å². The van der Waals surface area contributed by atoms with Crippen LogP contribution in [0, 0.1) is 0 Å². The van der Waals surface area contributed by atoms with Gasteiger partial charge in [0.25, 0.3) is 0 Å². The smallest absolute Gasteiger partial charge is 0.0876 e. The SMILES string of the molecule is CCn1cc(CNc2ccccc2-n2cccn2)cn1. The van der Waals surface area contributed by atoms with E-state index >= 15 is 0 Å². The van der Waals surface area contributed by atoms with Crippen LogP contribution in [-0.2, 0) is 13.1 Å². The maximum atomic E-state index is 4.28. The molecule has 20 heavy (non-hydrogen) atoms. The minimum Gasteiger partial charge on any atom is -0.379 e. The standard InChI is InChI=1S/C15H17N5/c1-2-19-12-13(11-18-19)10-16-14-6-3-4-7-15(14)20-9-5-8-17-20/h3-9,11-12,16H,2,10H2,1H3. The Morgan fingerprint density at radius 1 is 1.15 bits per heavy atom. The van der Waals surface area contributed by atoms with Crippen LogP contribution in [0.3, 0.4) is 0 Å². The van der Waals surface area contributed by atoms with Crippen molar-refractivity contribution in [1.82, 2.24) is 19.6 Å². The fourth-order valence-electron chi connectivity index (χ4n) is 2.10. The van der Waals surface area contributed by atoms with E-state index in [2.05, 4.69) is 34.7 Å². The average molecular weight is 267 g/mol. The van der Waals surface area contributed by atoms with E-state index in [1.54, 1.807) is 6.20 Å². The summed E-state index contributed by atoms with van der Waals surface area (Å²) in [5.41, 5.74) is 3.27. The number of nitrogens with one attached hydrogen (secondary N) is 1. The van der Waals surface area contributed by atoms with Gasteiger partial charge in [0, 0.05) is 37.2 Å². The highest BCUT2D eigenvalue weighted by atomic mass is 15.3. The van der Waals surface area contributed by atoms with Crippen LogP contribution in [0.2, 0.25) is 0 Å². The molecule has 5 heteroatoms. The van der Waals surface area contributed by atoms with Crippen molar-refractivity contribution in [2.45, 2.75) is 20.0 Å². The van der Waals surface area contributed by atoms with Gasteiger partial charge in [0.1, 0.15) is 0 Å². The third-order valence-corrected chi connectivity index (χ3v) is 3.15. The number of rotatable bonds is 5. The minimum atomic E-state index is 0.748. The molecule has 0 amide bonds. The Morgan fingerprint density at radius 2 is 2.05 bits per heavy atom.